The highest BCUT2D eigenvalue weighted by Crippen LogP contribution is 2.41. The third kappa shape index (κ3) is 3.14. The molecule has 0 aliphatic heterocycles. The third-order valence-electron chi connectivity index (χ3n) is 4.14. The van der Waals surface area contributed by atoms with Gasteiger partial charge in [-0.3, -0.25) is 0 Å². The van der Waals surface area contributed by atoms with Crippen molar-refractivity contribution in [2.75, 3.05) is 13.7 Å². The van der Waals surface area contributed by atoms with Crippen molar-refractivity contribution in [1.29, 1.82) is 0 Å². The summed E-state index contributed by atoms with van der Waals surface area (Å²) in [4.78, 5) is 0. The predicted octanol–water partition coefficient (Wildman–Crippen LogP) is 4.18. The first-order chi connectivity index (χ1) is 9.19. The van der Waals surface area contributed by atoms with E-state index in [2.05, 4.69) is 28.9 Å². The standard InChI is InChI=1S/C16H24BrNO/c1-11(8-9-18)15-13-7-5-3-4-6-12(13)10-14(17)16(15)19-2/h10-11H,3-9,18H2,1-2H3. The molecular weight excluding hydrogens is 302 g/mol. The van der Waals surface area contributed by atoms with Crippen molar-refractivity contribution < 1.29 is 4.74 Å². The van der Waals surface area contributed by atoms with Gasteiger partial charge in [0.05, 0.1) is 11.6 Å². The summed E-state index contributed by atoms with van der Waals surface area (Å²) in [5, 5.41) is 0. The van der Waals surface area contributed by atoms with E-state index in [0.717, 1.165) is 23.2 Å². The topological polar surface area (TPSA) is 35.2 Å². The van der Waals surface area contributed by atoms with Crippen LogP contribution in [0.1, 0.15) is 55.2 Å². The molecule has 0 heterocycles. The second-order valence-electron chi connectivity index (χ2n) is 5.48. The summed E-state index contributed by atoms with van der Waals surface area (Å²) in [5.74, 6) is 1.48. The Morgan fingerprint density at radius 1 is 1.32 bits per heavy atom. The minimum absolute atomic E-state index is 0.462. The van der Waals surface area contributed by atoms with Gasteiger partial charge >= 0.3 is 0 Å². The van der Waals surface area contributed by atoms with E-state index in [9.17, 15) is 0 Å². The number of methoxy groups -OCH3 is 1. The minimum Gasteiger partial charge on any atom is -0.495 e. The van der Waals surface area contributed by atoms with Crippen molar-refractivity contribution in [3.8, 4) is 5.75 Å². The summed E-state index contributed by atoms with van der Waals surface area (Å²) < 4.78 is 6.75. The van der Waals surface area contributed by atoms with Crippen molar-refractivity contribution >= 4 is 15.9 Å². The van der Waals surface area contributed by atoms with Crippen LogP contribution >= 0.6 is 15.9 Å². The molecule has 2 nitrogen and oxygen atoms in total. The molecule has 19 heavy (non-hydrogen) atoms. The van der Waals surface area contributed by atoms with Crippen molar-refractivity contribution in [3.63, 3.8) is 0 Å². The maximum atomic E-state index is 5.75. The zero-order valence-electron chi connectivity index (χ0n) is 12.0. The number of hydrogen-bond acceptors (Lipinski definition) is 2. The van der Waals surface area contributed by atoms with Crippen LogP contribution in [0.15, 0.2) is 10.5 Å². The lowest BCUT2D eigenvalue weighted by Gasteiger charge is -2.22. The molecule has 0 amide bonds. The fourth-order valence-corrected chi connectivity index (χ4v) is 3.83. The van der Waals surface area contributed by atoms with Crippen molar-refractivity contribution in [2.24, 2.45) is 5.73 Å². The Hall–Kier alpha value is -0.540. The molecule has 106 valence electrons. The van der Waals surface area contributed by atoms with Gasteiger partial charge in [-0.25, -0.2) is 0 Å². The summed E-state index contributed by atoms with van der Waals surface area (Å²) in [7, 11) is 1.77. The van der Waals surface area contributed by atoms with E-state index in [4.69, 9.17) is 10.5 Å². The van der Waals surface area contributed by atoms with Gasteiger partial charge in [0.1, 0.15) is 5.75 Å². The van der Waals surface area contributed by atoms with E-state index in [1.54, 1.807) is 7.11 Å². The van der Waals surface area contributed by atoms with Crippen LogP contribution in [-0.2, 0) is 12.8 Å². The fraction of sp³-hybridized carbons (Fsp3) is 0.625. The summed E-state index contributed by atoms with van der Waals surface area (Å²) in [6.07, 6.45) is 7.32. The number of hydrogen-bond donors (Lipinski definition) is 1. The van der Waals surface area contributed by atoms with Crippen molar-refractivity contribution in [2.45, 2.75) is 51.4 Å². The van der Waals surface area contributed by atoms with Gasteiger partial charge in [0.15, 0.2) is 0 Å². The number of nitrogens with two attached hydrogens (primary N) is 1. The minimum atomic E-state index is 0.462. The van der Waals surface area contributed by atoms with Crippen molar-refractivity contribution in [3.05, 3.63) is 27.2 Å². The van der Waals surface area contributed by atoms with E-state index in [1.807, 2.05) is 0 Å². The van der Waals surface area contributed by atoms with Crippen LogP contribution < -0.4 is 10.5 Å². The van der Waals surface area contributed by atoms with Gasteiger partial charge in [0, 0.05) is 5.56 Å². The lowest BCUT2D eigenvalue weighted by atomic mass is 9.87. The largest absolute Gasteiger partial charge is 0.495 e. The van der Waals surface area contributed by atoms with Crippen LogP contribution in [0.3, 0.4) is 0 Å². The average molecular weight is 326 g/mol. The quantitative estimate of drug-likeness (QED) is 0.843. The molecule has 0 fully saturated rings. The van der Waals surface area contributed by atoms with Crippen LogP contribution in [-0.4, -0.2) is 13.7 Å². The van der Waals surface area contributed by atoms with Crippen LogP contribution in [0.25, 0.3) is 0 Å². The van der Waals surface area contributed by atoms with Gasteiger partial charge < -0.3 is 10.5 Å². The Morgan fingerprint density at radius 3 is 2.74 bits per heavy atom. The molecule has 1 unspecified atom stereocenters. The first-order valence-corrected chi connectivity index (χ1v) is 8.06. The van der Waals surface area contributed by atoms with E-state index in [-0.39, 0.29) is 0 Å². The van der Waals surface area contributed by atoms with Gasteiger partial charge in [-0.2, -0.15) is 0 Å². The molecule has 1 aliphatic rings. The number of fused-ring (bicyclic) bond motifs is 1. The lowest BCUT2D eigenvalue weighted by molar-refractivity contribution is 0.401. The summed E-state index contributed by atoms with van der Waals surface area (Å²) in [6.45, 7) is 2.99. The molecule has 0 bridgehead atoms. The lowest BCUT2D eigenvalue weighted by Crippen LogP contribution is -2.10. The molecule has 2 rings (SSSR count). The average Bonchev–Trinajstić information content (AvgIpc) is 2.62. The maximum Gasteiger partial charge on any atom is 0.136 e. The number of ether oxygens (including phenoxy) is 1. The SMILES string of the molecule is COc1c(Br)cc2c(c1C(C)CCN)CCCCC2. The molecule has 0 saturated heterocycles. The fourth-order valence-electron chi connectivity index (χ4n) is 3.18. The Labute approximate surface area is 124 Å². The number of rotatable bonds is 4. The van der Waals surface area contributed by atoms with E-state index in [1.165, 1.54) is 48.8 Å². The van der Waals surface area contributed by atoms with Gasteiger partial charge in [0.25, 0.3) is 0 Å². The highest BCUT2D eigenvalue weighted by molar-refractivity contribution is 9.10. The maximum absolute atomic E-state index is 5.75. The molecule has 0 aromatic heterocycles. The smallest absolute Gasteiger partial charge is 0.136 e. The predicted molar refractivity (Wildman–Crippen MR) is 84.0 cm³/mol. The molecular formula is C16H24BrNO. The number of aryl methyl sites for hydroxylation is 1. The Morgan fingerprint density at radius 2 is 2.05 bits per heavy atom. The summed E-state index contributed by atoms with van der Waals surface area (Å²) in [6, 6.07) is 2.26. The Balaban J connectivity index is 2.54. The van der Waals surface area contributed by atoms with Crippen LogP contribution in [0.4, 0.5) is 0 Å². The van der Waals surface area contributed by atoms with Crippen LogP contribution in [0.5, 0.6) is 5.75 Å². The third-order valence-corrected chi connectivity index (χ3v) is 4.73. The highest BCUT2D eigenvalue weighted by Gasteiger charge is 2.22. The molecule has 1 atom stereocenters. The zero-order valence-corrected chi connectivity index (χ0v) is 13.6. The van der Waals surface area contributed by atoms with Gasteiger partial charge in [-0.1, -0.05) is 13.3 Å². The Kier molecular flexibility index (Phi) is 5.28. The molecule has 0 saturated carbocycles. The summed E-state index contributed by atoms with van der Waals surface area (Å²) in [5.41, 5.74) is 10.2. The molecule has 0 spiro atoms. The highest BCUT2D eigenvalue weighted by atomic mass is 79.9. The van der Waals surface area contributed by atoms with Gasteiger partial charge in [-0.15, -0.1) is 0 Å². The number of benzene rings is 1. The van der Waals surface area contributed by atoms with Crippen LogP contribution in [0.2, 0.25) is 0 Å². The molecule has 1 aromatic carbocycles. The second-order valence-corrected chi connectivity index (χ2v) is 6.34. The van der Waals surface area contributed by atoms with E-state index >= 15 is 0 Å². The molecule has 0 radical (unpaired) electrons. The normalized spacial score (nSPS) is 16.6. The first-order valence-electron chi connectivity index (χ1n) is 7.27. The molecule has 2 N–H and O–H groups in total. The first kappa shape index (κ1) is 14.9. The molecule has 1 aliphatic carbocycles. The monoisotopic (exact) mass is 325 g/mol. The summed E-state index contributed by atoms with van der Waals surface area (Å²) >= 11 is 3.68. The van der Waals surface area contributed by atoms with Gasteiger partial charge in [0.2, 0.25) is 0 Å². The molecule has 1 aromatic rings. The zero-order chi connectivity index (χ0) is 13.8. The second kappa shape index (κ2) is 6.76. The Bertz CT molecular complexity index is 445. The molecule has 3 heteroatoms. The van der Waals surface area contributed by atoms with Crippen molar-refractivity contribution in [1.82, 2.24) is 0 Å². The van der Waals surface area contributed by atoms with E-state index in [0.29, 0.717) is 5.92 Å². The van der Waals surface area contributed by atoms with E-state index < -0.39 is 0 Å². The van der Waals surface area contributed by atoms with Crippen LogP contribution in [0, 0.1) is 0 Å². The number of halogens is 1. The van der Waals surface area contributed by atoms with Gasteiger partial charge in [-0.05, 0) is 77.7 Å².